The molecule has 0 aliphatic heterocycles. The molecule has 110 valence electrons. The Bertz CT molecular complexity index is 487. The summed E-state index contributed by atoms with van der Waals surface area (Å²) >= 11 is 0. The number of hydroxylamine groups is 2. The van der Waals surface area contributed by atoms with Gasteiger partial charge in [0, 0.05) is 52.7 Å². The minimum atomic E-state index is -0.476. The summed E-state index contributed by atoms with van der Waals surface area (Å²) in [6.07, 6.45) is 3.09. The molecule has 0 saturated heterocycles. The first-order valence-electron chi connectivity index (χ1n) is 6.73. The van der Waals surface area contributed by atoms with Crippen LogP contribution in [0.5, 0.6) is 0 Å². The van der Waals surface area contributed by atoms with Gasteiger partial charge in [-0.1, -0.05) is 6.07 Å². The lowest BCUT2D eigenvalue weighted by Crippen LogP contribution is -2.29. The van der Waals surface area contributed by atoms with E-state index in [1.54, 1.807) is 12.4 Å². The van der Waals surface area contributed by atoms with Crippen molar-refractivity contribution in [2.75, 3.05) is 0 Å². The smallest absolute Gasteiger partial charge is 0.182 e. The Hall–Kier alpha value is -1.84. The van der Waals surface area contributed by atoms with E-state index in [1.165, 1.54) is 0 Å². The molecular weight excluding hydrogens is 252 g/mol. The molecule has 0 aliphatic carbocycles. The van der Waals surface area contributed by atoms with Crippen LogP contribution in [-0.4, -0.2) is 33.0 Å². The molecule has 0 fully saturated rings. The van der Waals surface area contributed by atoms with Crippen LogP contribution in [0.1, 0.15) is 52.7 Å². The third-order valence-corrected chi connectivity index (χ3v) is 2.77. The van der Waals surface area contributed by atoms with Gasteiger partial charge in [-0.05, 0) is 18.2 Å². The van der Waals surface area contributed by atoms with Gasteiger partial charge in [0.2, 0.25) is 0 Å². The molecule has 0 atom stereocenters. The zero-order valence-corrected chi connectivity index (χ0v) is 13.2. The van der Waals surface area contributed by atoms with Crippen molar-refractivity contribution in [1.82, 2.24) is 0 Å². The normalized spacial score (nSPS) is 14.5. The first-order chi connectivity index (χ1) is 9.00. The molecular formula is C16H24N2O2. The van der Waals surface area contributed by atoms with Crippen LogP contribution >= 0.6 is 0 Å². The van der Waals surface area contributed by atoms with Gasteiger partial charge in [-0.3, -0.25) is 0 Å². The number of hydrogen-bond donors (Lipinski definition) is 0. The summed E-state index contributed by atoms with van der Waals surface area (Å²) in [7, 11) is 0. The van der Waals surface area contributed by atoms with E-state index >= 15 is 0 Å². The fourth-order valence-electron chi connectivity index (χ4n) is 1.38. The second-order valence-electron chi connectivity index (χ2n) is 6.92. The lowest BCUT2D eigenvalue weighted by molar-refractivity contribution is -0.530. The predicted octanol–water partition coefficient (Wildman–Crippen LogP) is 3.14. The molecule has 0 saturated carbocycles. The Labute approximate surface area is 121 Å². The van der Waals surface area contributed by atoms with E-state index in [0.29, 0.717) is 0 Å². The van der Waals surface area contributed by atoms with Crippen LogP contribution in [-0.2, 0) is 0 Å². The van der Waals surface area contributed by atoms with Crippen LogP contribution in [0.4, 0.5) is 0 Å². The van der Waals surface area contributed by atoms with Crippen LogP contribution < -0.4 is 0 Å². The van der Waals surface area contributed by atoms with Crippen LogP contribution in [0.2, 0.25) is 0 Å². The zero-order valence-electron chi connectivity index (χ0n) is 13.2. The van der Waals surface area contributed by atoms with Gasteiger partial charge in [0.25, 0.3) is 0 Å². The average molecular weight is 276 g/mol. The van der Waals surface area contributed by atoms with E-state index in [1.807, 2.05) is 65.8 Å². The van der Waals surface area contributed by atoms with Crippen molar-refractivity contribution in [1.29, 1.82) is 0 Å². The summed E-state index contributed by atoms with van der Waals surface area (Å²) in [5.41, 5.74) is 0.614. The highest BCUT2D eigenvalue weighted by molar-refractivity contribution is 5.82. The zero-order chi connectivity index (χ0) is 15.6. The molecule has 20 heavy (non-hydrogen) atoms. The molecule has 1 aromatic rings. The van der Waals surface area contributed by atoms with Crippen molar-refractivity contribution >= 4 is 12.4 Å². The number of rotatable bonds is 2. The predicted molar refractivity (Wildman–Crippen MR) is 83.5 cm³/mol. The van der Waals surface area contributed by atoms with Gasteiger partial charge in [0.15, 0.2) is 23.5 Å². The van der Waals surface area contributed by atoms with Crippen molar-refractivity contribution in [3.63, 3.8) is 0 Å². The van der Waals surface area contributed by atoms with E-state index in [9.17, 15) is 10.4 Å². The Balaban J connectivity index is 3.10. The highest BCUT2D eigenvalue weighted by atomic mass is 16.5. The SMILES string of the molecule is CC(C)(C)/[N+]([O-])=C/c1cccc(/C=[N+](\[O-])C(C)(C)C)c1. The van der Waals surface area contributed by atoms with Gasteiger partial charge in [-0.15, -0.1) is 0 Å². The van der Waals surface area contributed by atoms with Crippen molar-refractivity contribution in [3.05, 3.63) is 45.8 Å². The van der Waals surface area contributed by atoms with E-state index in [0.717, 1.165) is 20.6 Å². The van der Waals surface area contributed by atoms with Gasteiger partial charge in [0.05, 0.1) is 0 Å². The number of hydrogen-bond acceptors (Lipinski definition) is 2. The highest BCUT2D eigenvalue weighted by Gasteiger charge is 2.19. The fraction of sp³-hybridized carbons (Fsp3) is 0.500. The summed E-state index contributed by atoms with van der Waals surface area (Å²) in [5, 5.41) is 23.8. The fourth-order valence-corrected chi connectivity index (χ4v) is 1.38. The Morgan fingerprint density at radius 3 is 1.45 bits per heavy atom. The molecule has 1 aromatic carbocycles. The first kappa shape index (κ1) is 16.2. The lowest BCUT2D eigenvalue weighted by atomic mass is 10.1. The molecule has 0 spiro atoms. The maximum atomic E-state index is 11.9. The standard InChI is InChI=1S/C16H24N2O2/c1-15(2,3)17(19)11-13-8-7-9-14(10-13)12-18(20)16(4,5)6/h7-12H,1-6H3/b17-11-,18-12-. The highest BCUT2D eigenvalue weighted by Crippen LogP contribution is 2.09. The molecule has 0 heterocycles. The Morgan fingerprint density at radius 2 is 1.15 bits per heavy atom. The molecule has 0 bridgehead atoms. The van der Waals surface area contributed by atoms with E-state index in [2.05, 4.69) is 0 Å². The summed E-state index contributed by atoms with van der Waals surface area (Å²) in [6.45, 7) is 11.1. The largest absolute Gasteiger partial charge is 0.623 e. The number of nitrogens with zero attached hydrogens (tertiary/aromatic N) is 2. The number of benzene rings is 1. The summed E-state index contributed by atoms with van der Waals surface area (Å²) in [4.78, 5) is 0. The second kappa shape index (κ2) is 5.65. The van der Waals surface area contributed by atoms with E-state index in [-0.39, 0.29) is 0 Å². The first-order valence-corrected chi connectivity index (χ1v) is 6.73. The van der Waals surface area contributed by atoms with Crippen molar-refractivity contribution in [2.24, 2.45) is 0 Å². The van der Waals surface area contributed by atoms with Crippen LogP contribution in [0.3, 0.4) is 0 Å². The maximum absolute atomic E-state index is 11.9. The van der Waals surface area contributed by atoms with Crippen molar-refractivity contribution in [2.45, 2.75) is 52.6 Å². The molecule has 4 nitrogen and oxygen atoms in total. The third kappa shape index (κ3) is 4.68. The molecule has 0 aliphatic rings. The topological polar surface area (TPSA) is 52.1 Å². The molecule has 0 radical (unpaired) electrons. The monoisotopic (exact) mass is 276 g/mol. The third-order valence-electron chi connectivity index (χ3n) is 2.77. The summed E-state index contributed by atoms with van der Waals surface area (Å²) < 4.78 is 1.84. The van der Waals surface area contributed by atoms with Crippen LogP contribution in [0, 0.1) is 10.4 Å². The summed E-state index contributed by atoms with van der Waals surface area (Å²) in [6, 6.07) is 7.36. The molecule has 0 aromatic heterocycles. The second-order valence-corrected chi connectivity index (χ2v) is 6.92. The Kier molecular flexibility index (Phi) is 4.58. The lowest BCUT2D eigenvalue weighted by Gasteiger charge is -2.19. The van der Waals surface area contributed by atoms with Gasteiger partial charge in [-0.2, -0.15) is 0 Å². The van der Waals surface area contributed by atoms with Gasteiger partial charge in [0.1, 0.15) is 0 Å². The molecule has 0 unspecified atom stereocenters. The quantitative estimate of drug-likeness (QED) is 0.360. The van der Waals surface area contributed by atoms with Crippen molar-refractivity contribution < 1.29 is 9.48 Å². The minimum absolute atomic E-state index is 0.476. The molecule has 4 heteroatoms. The van der Waals surface area contributed by atoms with Crippen molar-refractivity contribution in [3.8, 4) is 0 Å². The van der Waals surface area contributed by atoms with Crippen LogP contribution in [0.25, 0.3) is 0 Å². The maximum Gasteiger partial charge on any atom is 0.182 e. The van der Waals surface area contributed by atoms with E-state index in [4.69, 9.17) is 0 Å². The molecule has 0 amide bonds. The summed E-state index contributed by atoms with van der Waals surface area (Å²) in [5.74, 6) is 0. The van der Waals surface area contributed by atoms with Gasteiger partial charge < -0.3 is 10.4 Å². The Morgan fingerprint density at radius 1 is 0.800 bits per heavy atom. The molecule has 1 rings (SSSR count). The van der Waals surface area contributed by atoms with Gasteiger partial charge in [-0.25, -0.2) is 9.48 Å². The van der Waals surface area contributed by atoms with Crippen LogP contribution in [0.15, 0.2) is 24.3 Å². The molecule has 0 N–H and O–H groups in total. The average Bonchev–Trinajstić information content (AvgIpc) is 2.26. The van der Waals surface area contributed by atoms with Gasteiger partial charge >= 0.3 is 0 Å². The van der Waals surface area contributed by atoms with E-state index < -0.39 is 11.1 Å². The minimum Gasteiger partial charge on any atom is -0.623 e.